The molecule has 0 radical (unpaired) electrons. The number of nitrogens with zero attached hydrogens (tertiary/aromatic N) is 1. The summed E-state index contributed by atoms with van der Waals surface area (Å²) in [6.07, 6.45) is 2.80. The summed E-state index contributed by atoms with van der Waals surface area (Å²) in [6, 6.07) is 7.85. The second-order valence-electron chi connectivity index (χ2n) is 3.15. The van der Waals surface area contributed by atoms with Crippen LogP contribution in [0.2, 0.25) is 0 Å². The van der Waals surface area contributed by atoms with Gasteiger partial charge in [-0.25, -0.2) is 10.2 Å². The number of fused-ring (bicyclic) bond motifs is 1. The molecule has 1 aromatic carbocycles. The molecule has 0 saturated carbocycles. The molecule has 0 atom stereocenters. The molecule has 1 aromatic heterocycles. The number of hydrazone groups is 1. The predicted octanol–water partition coefficient (Wildman–Crippen LogP) is 1.86. The molecule has 0 aliphatic heterocycles. The van der Waals surface area contributed by atoms with Crippen molar-refractivity contribution in [1.82, 2.24) is 10.4 Å². The number of aromatic amines is 1. The zero-order valence-electron chi connectivity index (χ0n) is 8.73. The fraction of sp³-hybridized carbons (Fsp3) is 0.0909. The zero-order valence-corrected chi connectivity index (χ0v) is 8.73. The lowest BCUT2D eigenvalue weighted by Crippen LogP contribution is -2.16. The van der Waals surface area contributed by atoms with E-state index < -0.39 is 6.09 Å². The van der Waals surface area contributed by atoms with E-state index >= 15 is 0 Å². The predicted molar refractivity (Wildman–Crippen MR) is 61.4 cm³/mol. The minimum Gasteiger partial charge on any atom is -0.452 e. The van der Waals surface area contributed by atoms with E-state index in [-0.39, 0.29) is 0 Å². The molecule has 0 aliphatic rings. The highest BCUT2D eigenvalue weighted by Gasteiger charge is 1.99. The minimum atomic E-state index is -0.587. The van der Waals surface area contributed by atoms with Crippen LogP contribution in [0.4, 0.5) is 4.79 Å². The molecule has 5 heteroatoms. The quantitative estimate of drug-likeness (QED) is 0.595. The number of carbonyl (C=O) groups excluding carboxylic acids is 1. The number of methoxy groups -OCH3 is 1. The van der Waals surface area contributed by atoms with E-state index in [0.29, 0.717) is 0 Å². The number of para-hydroxylation sites is 1. The smallest absolute Gasteiger partial charge is 0.427 e. The van der Waals surface area contributed by atoms with Crippen LogP contribution < -0.4 is 5.43 Å². The van der Waals surface area contributed by atoms with Gasteiger partial charge in [0.25, 0.3) is 0 Å². The molecule has 0 bridgehead atoms. The average molecular weight is 217 g/mol. The van der Waals surface area contributed by atoms with Crippen molar-refractivity contribution >= 4 is 23.2 Å². The van der Waals surface area contributed by atoms with Gasteiger partial charge in [-0.2, -0.15) is 5.10 Å². The van der Waals surface area contributed by atoms with Gasteiger partial charge in [-0.15, -0.1) is 0 Å². The van der Waals surface area contributed by atoms with Gasteiger partial charge < -0.3 is 9.72 Å². The number of ether oxygens (including phenoxy) is 1. The zero-order chi connectivity index (χ0) is 11.4. The number of hydrogen-bond acceptors (Lipinski definition) is 3. The summed E-state index contributed by atoms with van der Waals surface area (Å²) in [6.45, 7) is 0. The maximum absolute atomic E-state index is 10.7. The Labute approximate surface area is 92.1 Å². The molecule has 82 valence electrons. The van der Waals surface area contributed by atoms with Gasteiger partial charge >= 0.3 is 6.09 Å². The van der Waals surface area contributed by atoms with Gasteiger partial charge in [-0.05, 0) is 6.07 Å². The lowest BCUT2D eigenvalue weighted by Gasteiger charge is -1.94. The molecule has 2 aromatic rings. The lowest BCUT2D eigenvalue weighted by atomic mass is 10.2. The van der Waals surface area contributed by atoms with Crippen LogP contribution in [0.1, 0.15) is 5.56 Å². The Morgan fingerprint density at radius 3 is 3.12 bits per heavy atom. The van der Waals surface area contributed by atoms with Crippen molar-refractivity contribution in [2.45, 2.75) is 0 Å². The number of rotatable bonds is 2. The lowest BCUT2D eigenvalue weighted by molar-refractivity contribution is 0.171. The van der Waals surface area contributed by atoms with Gasteiger partial charge in [0.05, 0.1) is 13.3 Å². The molecule has 0 fully saturated rings. The number of carbonyl (C=O) groups is 1. The molecule has 1 amide bonds. The van der Waals surface area contributed by atoms with Gasteiger partial charge in [0, 0.05) is 22.7 Å². The Morgan fingerprint density at radius 1 is 1.50 bits per heavy atom. The van der Waals surface area contributed by atoms with Crippen LogP contribution in [-0.4, -0.2) is 24.4 Å². The molecule has 0 unspecified atom stereocenters. The maximum atomic E-state index is 10.7. The van der Waals surface area contributed by atoms with Gasteiger partial charge in [0.2, 0.25) is 0 Å². The SMILES string of the molecule is COC(=O)N/N=C/c1c[nH]c2ccccc12. The Kier molecular flexibility index (Phi) is 2.86. The van der Waals surface area contributed by atoms with Gasteiger partial charge in [0.1, 0.15) is 0 Å². The van der Waals surface area contributed by atoms with Gasteiger partial charge in [-0.1, -0.05) is 18.2 Å². The Morgan fingerprint density at radius 2 is 2.31 bits per heavy atom. The average Bonchev–Trinajstić information content (AvgIpc) is 2.73. The highest BCUT2D eigenvalue weighted by molar-refractivity contribution is 5.99. The second kappa shape index (κ2) is 4.48. The fourth-order valence-corrected chi connectivity index (χ4v) is 1.40. The molecule has 16 heavy (non-hydrogen) atoms. The first-order valence-corrected chi connectivity index (χ1v) is 4.74. The highest BCUT2D eigenvalue weighted by atomic mass is 16.5. The molecule has 0 saturated heterocycles. The minimum absolute atomic E-state index is 0.587. The van der Waals surface area contributed by atoms with E-state index in [1.54, 1.807) is 6.21 Å². The number of aromatic nitrogens is 1. The van der Waals surface area contributed by atoms with E-state index in [4.69, 9.17) is 0 Å². The maximum Gasteiger partial charge on any atom is 0.427 e. The summed E-state index contributed by atoms with van der Waals surface area (Å²) in [5.41, 5.74) is 4.17. The summed E-state index contributed by atoms with van der Waals surface area (Å²) in [4.78, 5) is 13.9. The van der Waals surface area contributed by atoms with Crippen molar-refractivity contribution < 1.29 is 9.53 Å². The topological polar surface area (TPSA) is 66.5 Å². The molecule has 2 N–H and O–H groups in total. The van der Waals surface area contributed by atoms with E-state index in [1.165, 1.54) is 7.11 Å². The third-order valence-electron chi connectivity index (χ3n) is 2.17. The normalized spacial score (nSPS) is 10.8. The molecular formula is C11H11N3O2. The van der Waals surface area contributed by atoms with Crippen LogP contribution >= 0.6 is 0 Å². The molecular weight excluding hydrogens is 206 g/mol. The van der Waals surface area contributed by atoms with Crippen LogP contribution in [0.25, 0.3) is 10.9 Å². The molecule has 1 heterocycles. The Hall–Kier alpha value is -2.30. The number of nitrogens with one attached hydrogen (secondary N) is 2. The van der Waals surface area contributed by atoms with Crippen LogP contribution in [0.3, 0.4) is 0 Å². The third kappa shape index (κ3) is 2.03. The van der Waals surface area contributed by atoms with Gasteiger partial charge in [0.15, 0.2) is 0 Å². The fourth-order valence-electron chi connectivity index (χ4n) is 1.40. The number of hydrogen-bond donors (Lipinski definition) is 2. The third-order valence-corrected chi connectivity index (χ3v) is 2.17. The van der Waals surface area contributed by atoms with E-state index in [9.17, 15) is 4.79 Å². The van der Waals surface area contributed by atoms with E-state index in [2.05, 4.69) is 20.2 Å². The number of benzene rings is 1. The largest absolute Gasteiger partial charge is 0.452 e. The second-order valence-corrected chi connectivity index (χ2v) is 3.15. The number of H-pyrrole nitrogens is 1. The van der Waals surface area contributed by atoms with Crippen LogP contribution in [0.5, 0.6) is 0 Å². The van der Waals surface area contributed by atoms with Crippen LogP contribution in [0, 0.1) is 0 Å². The summed E-state index contributed by atoms with van der Waals surface area (Å²) < 4.78 is 4.39. The highest BCUT2D eigenvalue weighted by Crippen LogP contribution is 2.15. The Balaban J connectivity index is 2.18. The van der Waals surface area contributed by atoms with E-state index in [1.807, 2.05) is 30.5 Å². The van der Waals surface area contributed by atoms with E-state index in [0.717, 1.165) is 16.5 Å². The monoisotopic (exact) mass is 217 g/mol. The van der Waals surface area contributed by atoms with Crippen molar-refractivity contribution in [3.63, 3.8) is 0 Å². The first kappa shape index (κ1) is 10.2. The first-order chi connectivity index (χ1) is 7.81. The molecule has 2 rings (SSSR count). The summed E-state index contributed by atoms with van der Waals surface area (Å²) in [7, 11) is 1.29. The van der Waals surface area contributed by atoms with Crippen molar-refractivity contribution in [3.8, 4) is 0 Å². The Bertz CT molecular complexity index is 531. The molecule has 5 nitrogen and oxygen atoms in total. The van der Waals surface area contributed by atoms with Crippen molar-refractivity contribution in [1.29, 1.82) is 0 Å². The first-order valence-electron chi connectivity index (χ1n) is 4.74. The van der Waals surface area contributed by atoms with Crippen molar-refractivity contribution in [3.05, 3.63) is 36.0 Å². The van der Waals surface area contributed by atoms with Crippen LogP contribution in [-0.2, 0) is 4.74 Å². The van der Waals surface area contributed by atoms with Crippen molar-refractivity contribution in [2.24, 2.45) is 5.10 Å². The summed E-state index contributed by atoms with van der Waals surface area (Å²) in [5, 5.41) is 4.82. The van der Waals surface area contributed by atoms with Crippen LogP contribution in [0.15, 0.2) is 35.6 Å². The van der Waals surface area contributed by atoms with Crippen molar-refractivity contribution in [2.75, 3.05) is 7.11 Å². The molecule has 0 aliphatic carbocycles. The summed E-state index contributed by atoms with van der Waals surface area (Å²) >= 11 is 0. The van der Waals surface area contributed by atoms with Gasteiger partial charge in [-0.3, -0.25) is 0 Å². The molecule has 0 spiro atoms. The standard InChI is InChI=1S/C11H11N3O2/c1-16-11(15)14-13-7-8-6-12-10-5-3-2-4-9(8)10/h2-7,12H,1H3,(H,14,15)/b13-7+. The summed E-state index contributed by atoms with van der Waals surface area (Å²) in [5.74, 6) is 0. The number of amides is 1.